The molecule has 0 spiro atoms. The zero-order valence-electron chi connectivity index (χ0n) is 14.3. The number of hydrogen-bond donors (Lipinski definition) is 0. The Balaban J connectivity index is 0.000000690. The lowest BCUT2D eigenvalue weighted by Crippen LogP contribution is -2.51. The summed E-state index contributed by atoms with van der Waals surface area (Å²) in [5.74, 6) is 0. The Morgan fingerprint density at radius 2 is 1.38 bits per heavy atom. The summed E-state index contributed by atoms with van der Waals surface area (Å²) in [5, 5.41) is 0. The van der Waals surface area contributed by atoms with Gasteiger partial charge in [0.2, 0.25) is 0 Å². The van der Waals surface area contributed by atoms with Gasteiger partial charge >= 0.3 is 0 Å². The average molecular weight is 322 g/mol. The molecule has 1 saturated heterocycles. The minimum atomic E-state index is -3.92. The predicted octanol–water partition coefficient (Wildman–Crippen LogP) is 3.53. The van der Waals surface area contributed by atoms with Crippen LogP contribution >= 0.6 is 0 Å². The van der Waals surface area contributed by atoms with Crippen molar-refractivity contribution < 1.29 is 17.5 Å². The summed E-state index contributed by atoms with van der Waals surface area (Å²) >= 11 is 0. The largest absolute Gasteiger partial charge is 0.748 e. The molecule has 1 heterocycles. The summed E-state index contributed by atoms with van der Waals surface area (Å²) in [7, 11) is -3.92. The first-order valence-corrected chi connectivity index (χ1v) is 10.4. The Morgan fingerprint density at radius 1 is 0.905 bits per heavy atom. The Labute approximate surface area is 132 Å². The minimum absolute atomic E-state index is 0.604. The van der Waals surface area contributed by atoms with Crippen LogP contribution in [0.5, 0.6) is 0 Å². The fraction of sp³-hybridized carbons (Fsp3) is 1.00. The molecule has 4 nitrogen and oxygen atoms in total. The van der Waals surface area contributed by atoms with Gasteiger partial charge in [-0.05, 0) is 39.0 Å². The van der Waals surface area contributed by atoms with E-state index in [1.807, 2.05) is 0 Å². The number of hydrogen-bond acceptors (Lipinski definition) is 3. The molecule has 0 radical (unpaired) electrons. The molecule has 1 aliphatic heterocycles. The minimum Gasteiger partial charge on any atom is -0.748 e. The van der Waals surface area contributed by atoms with E-state index in [-0.39, 0.29) is 0 Å². The maximum Gasteiger partial charge on any atom is 0.0916 e. The van der Waals surface area contributed by atoms with E-state index in [2.05, 4.69) is 13.8 Å². The summed E-state index contributed by atoms with van der Waals surface area (Å²) in [6.45, 7) is 10.4. The van der Waals surface area contributed by atoms with E-state index in [4.69, 9.17) is 13.0 Å². The molecule has 0 aromatic rings. The molecule has 1 aliphatic rings. The van der Waals surface area contributed by atoms with Gasteiger partial charge in [-0.15, -0.1) is 0 Å². The van der Waals surface area contributed by atoms with Gasteiger partial charge in [-0.1, -0.05) is 32.6 Å². The topological polar surface area (TPSA) is 57.2 Å². The first kappa shape index (κ1) is 20.9. The molecule has 21 heavy (non-hydrogen) atoms. The highest BCUT2D eigenvalue weighted by Crippen LogP contribution is 2.20. The van der Waals surface area contributed by atoms with E-state index in [1.165, 1.54) is 88.4 Å². The van der Waals surface area contributed by atoms with Crippen molar-refractivity contribution in [2.45, 2.75) is 71.6 Å². The van der Waals surface area contributed by atoms with Crippen LogP contribution in [-0.2, 0) is 10.1 Å². The lowest BCUT2D eigenvalue weighted by atomic mass is 10.1. The zero-order chi connectivity index (χ0) is 16.2. The molecular formula is C16H35NO3S. The fourth-order valence-corrected chi connectivity index (χ4v) is 3.11. The van der Waals surface area contributed by atoms with Crippen molar-refractivity contribution in [2.24, 2.45) is 0 Å². The van der Waals surface area contributed by atoms with E-state index in [1.54, 1.807) is 0 Å². The van der Waals surface area contributed by atoms with Gasteiger partial charge in [-0.25, -0.2) is 8.42 Å². The van der Waals surface area contributed by atoms with Crippen LogP contribution in [0, 0.1) is 0 Å². The number of quaternary nitrogens is 1. The van der Waals surface area contributed by atoms with Gasteiger partial charge in [-0.3, -0.25) is 0 Å². The van der Waals surface area contributed by atoms with Gasteiger partial charge in [0.15, 0.2) is 0 Å². The van der Waals surface area contributed by atoms with Crippen LogP contribution in [0.4, 0.5) is 0 Å². The van der Waals surface area contributed by atoms with Crippen molar-refractivity contribution in [1.29, 1.82) is 0 Å². The molecule has 0 aliphatic carbocycles. The lowest BCUT2D eigenvalue weighted by Gasteiger charge is -2.41. The Bertz CT molecular complexity index is 327. The molecular weight excluding hydrogens is 286 g/mol. The quantitative estimate of drug-likeness (QED) is 0.390. The summed E-state index contributed by atoms with van der Waals surface area (Å²) < 4.78 is 28.7. The molecule has 128 valence electrons. The van der Waals surface area contributed by atoms with Gasteiger partial charge in [0.1, 0.15) is 0 Å². The highest BCUT2D eigenvalue weighted by atomic mass is 32.2. The van der Waals surface area contributed by atoms with Crippen LogP contribution in [0.25, 0.3) is 0 Å². The van der Waals surface area contributed by atoms with Crippen molar-refractivity contribution in [3.05, 3.63) is 0 Å². The highest BCUT2D eigenvalue weighted by molar-refractivity contribution is 7.84. The van der Waals surface area contributed by atoms with Gasteiger partial charge in [-0.2, -0.15) is 0 Å². The molecule has 0 saturated carbocycles. The first-order chi connectivity index (χ1) is 9.83. The van der Waals surface area contributed by atoms with Gasteiger partial charge < -0.3 is 9.04 Å². The van der Waals surface area contributed by atoms with Crippen LogP contribution in [0.3, 0.4) is 0 Å². The predicted molar refractivity (Wildman–Crippen MR) is 88.3 cm³/mol. The summed E-state index contributed by atoms with van der Waals surface area (Å²) in [5.41, 5.74) is 0. The lowest BCUT2D eigenvalue weighted by molar-refractivity contribution is -0.931. The van der Waals surface area contributed by atoms with Gasteiger partial charge in [0, 0.05) is 6.26 Å². The van der Waals surface area contributed by atoms with Crippen LogP contribution in [-0.4, -0.2) is 49.9 Å². The monoisotopic (exact) mass is 321 g/mol. The van der Waals surface area contributed by atoms with E-state index in [0.717, 1.165) is 0 Å². The Morgan fingerprint density at radius 3 is 1.86 bits per heavy atom. The van der Waals surface area contributed by atoms with Crippen LogP contribution in [0.15, 0.2) is 0 Å². The summed E-state index contributed by atoms with van der Waals surface area (Å²) in [6, 6.07) is 0. The molecule has 1 rings (SSSR count). The van der Waals surface area contributed by atoms with E-state index >= 15 is 0 Å². The van der Waals surface area contributed by atoms with Gasteiger partial charge in [0.25, 0.3) is 0 Å². The Kier molecular flexibility index (Phi) is 11.4. The number of likely N-dealkylation sites (tertiary alicyclic amines) is 1. The van der Waals surface area contributed by atoms with Crippen molar-refractivity contribution in [3.8, 4) is 0 Å². The SMILES string of the molecule is CCCCCCCC[N+]1(CC)CCCCC1.CS(=O)(=O)[O-]. The fourth-order valence-electron chi connectivity index (χ4n) is 3.11. The molecule has 0 bridgehead atoms. The number of nitrogens with zero attached hydrogens (tertiary/aromatic N) is 1. The summed E-state index contributed by atoms with van der Waals surface area (Å²) in [6.07, 6.45) is 13.7. The number of rotatable bonds is 8. The maximum atomic E-state index is 9.08. The van der Waals surface area contributed by atoms with Crippen molar-refractivity contribution in [3.63, 3.8) is 0 Å². The van der Waals surface area contributed by atoms with Crippen molar-refractivity contribution in [2.75, 3.05) is 32.4 Å². The molecule has 0 N–H and O–H groups in total. The molecule has 0 aromatic heterocycles. The first-order valence-electron chi connectivity index (χ1n) is 8.59. The Hall–Kier alpha value is -0.130. The second kappa shape index (κ2) is 11.4. The average Bonchev–Trinajstić information content (AvgIpc) is 2.42. The maximum absolute atomic E-state index is 9.08. The van der Waals surface area contributed by atoms with E-state index < -0.39 is 10.1 Å². The third-order valence-electron chi connectivity index (χ3n) is 4.42. The van der Waals surface area contributed by atoms with Crippen LogP contribution < -0.4 is 0 Å². The second-order valence-corrected chi connectivity index (χ2v) is 7.77. The molecule has 1 fully saturated rings. The molecule has 0 atom stereocenters. The number of piperidine rings is 1. The van der Waals surface area contributed by atoms with Crippen LogP contribution in [0.1, 0.15) is 71.6 Å². The molecule has 0 unspecified atom stereocenters. The molecule has 0 amide bonds. The molecule has 0 aromatic carbocycles. The van der Waals surface area contributed by atoms with Crippen molar-refractivity contribution >= 4 is 10.1 Å². The van der Waals surface area contributed by atoms with Gasteiger partial charge in [0.05, 0.1) is 36.3 Å². The van der Waals surface area contributed by atoms with E-state index in [9.17, 15) is 0 Å². The zero-order valence-corrected chi connectivity index (χ0v) is 15.1. The third kappa shape index (κ3) is 13.3. The highest BCUT2D eigenvalue weighted by Gasteiger charge is 2.26. The normalized spacial score (nSPS) is 17.9. The molecule has 5 heteroatoms. The van der Waals surface area contributed by atoms with Crippen LogP contribution in [0.2, 0.25) is 0 Å². The third-order valence-corrected chi connectivity index (χ3v) is 4.42. The summed E-state index contributed by atoms with van der Waals surface area (Å²) in [4.78, 5) is 0. The van der Waals surface area contributed by atoms with E-state index in [0.29, 0.717) is 6.26 Å². The second-order valence-electron chi connectivity index (χ2n) is 6.36. The number of unbranched alkanes of at least 4 members (excludes halogenated alkanes) is 5. The standard InChI is InChI=1S/C15H32N.CH4O3S/c1-3-5-6-7-8-10-13-16(4-2)14-11-9-12-15-16;1-5(2,3)4/h3-15H2,1-2H3;1H3,(H,2,3,4)/q+1;/p-1. The van der Waals surface area contributed by atoms with Crippen molar-refractivity contribution in [1.82, 2.24) is 0 Å². The smallest absolute Gasteiger partial charge is 0.0916 e.